The maximum absolute atomic E-state index is 10.6. The first kappa shape index (κ1) is 14.7. The van der Waals surface area contributed by atoms with Crippen molar-refractivity contribution in [3.8, 4) is 0 Å². The molecule has 16 heavy (non-hydrogen) atoms. The maximum Gasteiger partial charge on any atom is 0.218 e. The number of nitrogens with one attached hydrogen (secondary N) is 1. The Morgan fingerprint density at radius 3 is 2.50 bits per heavy atom. The lowest BCUT2D eigenvalue weighted by atomic mass is 9.88. The number of primary amides is 1. The molecule has 0 aromatic heterocycles. The van der Waals surface area contributed by atoms with Gasteiger partial charge >= 0.3 is 0 Å². The molecule has 94 valence electrons. The van der Waals surface area contributed by atoms with Gasteiger partial charge in [-0.2, -0.15) is 0 Å². The normalized spacial score (nSPS) is 14.8. The van der Waals surface area contributed by atoms with Gasteiger partial charge in [0.15, 0.2) is 0 Å². The predicted octanol–water partition coefficient (Wildman–Crippen LogP) is 0.00260. The van der Waals surface area contributed by atoms with E-state index in [1.54, 1.807) is 0 Å². The minimum absolute atomic E-state index is 0.0422. The number of carbonyl (C=O) groups excluding carboxylic acids is 1. The van der Waals surface area contributed by atoms with Crippen molar-refractivity contribution in [2.24, 2.45) is 22.0 Å². The molecule has 6 heteroatoms. The number of amidine groups is 1. The molecule has 0 radical (unpaired) electrons. The highest BCUT2D eigenvalue weighted by molar-refractivity contribution is 5.85. The van der Waals surface area contributed by atoms with E-state index in [0.29, 0.717) is 19.4 Å². The monoisotopic (exact) mass is 230 g/mol. The van der Waals surface area contributed by atoms with Crippen LogP contribution in [0.3, 0.4) is 0 Å². The Kier molecular flexibility index (Phi) is 5.81. The van der Waals surface area contributed by atoms with Gasteiger partial charge in [0.1, 0.15) is 5.84 Å². The second-order valence-corrected chi connectivity index (χ2v) is 4.64. The summed E-state index contributed by atoms with van der Waals surface area (Å²) in [7, 11) is 0. The van der Waals surface area contributed by atoms with Crippen LogP contribution in [0.25, 0.3) is 0 Å². The van der Waals surface area contributed by atoms with Gasteiger partial charge in [0, 0.05) is 17.9 Å². The summed E-state index contributed by atoms with van der Waals surface area (Å²) in [5.41, 5.74) is 10.2. The number of oxime groups is 1. The van der Waals surface area contributed by atoms with Crippen LogP contribution in [0.2, 0.25) is 0 Å². The van der Waals surface area contributed by atoms with Gasteiger partial charge in [-0.25, -0.2) is 0 Å². The van der Waals surface area contributed by atoms with Crippen molar-refractivity contribution in [3.05, 3.63) is 0 Å². The number of hydrogen-bond donors (Lipinski definition) is 4. The second-order valence-electron chi connectivity index (χ2n) is 4.64. The third-order valence-corrected chi connectivity index (χ3v) is 2.55. The van der Waals surface area contributed by atoms with Crippen LogP contribution in [0.1, 0.15) is 33.6 Å². The molecule has 0 fully saturated rings. The first-order chi connectivity index (χ1) is 7.29. The van der Waals surface area contributed by atoms with Crippen LogP contribution in [-0.4, -0.2) is 29.5 Å². The van der Waals surface area contributed by atoms with Crippen molar-refractivity contribution < 1.29 is 10.0 Å². The van der Waals surface area contributed by atoms with Gasteiger partial charge in [-0.1, -0.05) is 19.0 Å². The summed E-state index contributed by atoms with van der Waals surface area (Å²) in [6.07, 6.45) is 1.02. The summed E-state index contributed by atoms with van der Waals surface area (Å²) in [5.74, 6) is -0.118. The van der Waals surface area contributed by atoms with E-state index in [2.05, 4.69) is 10.5 Å². The van der Waals surface area contributed by atoms with Gasteiger partial charge in [-0.05, 0) is 19.9 Å². The Balaban J connectivity index is 3.94. The van der Waals surface area contributed by atoms with Gasteiger partial charge in [-0.3, -0.25) is 4.79 Å². The van der Waals surface area contributed by atoms with Crippen LogP contribution >= 0.6 is 0 Å². The fourth-order valence-electron chi connectivity index (χ4n) is 1.27. The van der Waals surface area contributed by atoms with Crippen LogP contribution in [0.4, 0.5) is 0 Å². The zero-order chi connectivity index (χ0) is 12.8. The SMILES string of the molecule is CC(CC(N)=O)NCCC(C)(C)C(N)=NO. The van der Waals surface area contributed by atoms with Crippen LogP contribution in [0.5, 0.6) is 0 Å². The number of rotatable bonds is 7. The molecular formula is C10H22N4O2. The topological polar surface area (TPSA) is 114 Å². The average molecular weight is 230 g/mol. The summed E-state index contributed by atoms with van der Waals surface area (Å²) in [4.78, 5) is 10.6. The van der Waals surface area contributed by atoms with Crippen molar-refractivity contribution in [2.45, 2.75) is 39.7 Å². The highest BCUT2D eigenvalue weighted by Crippen LogP contribution is 2.19. The van der Waals surface area contributed by atoms with Crippen LogP contribution < -0.4 is 16.8 Å². The highest BCUT2D eigenvalue weighted by Gasteiger charge is 2.23. The fourth-order valence-corrected chi connectivity index (χ4v) is 1.27. The molecule has 0 saturated heterocycles. The molecule has 6 nitrogen and oxygen atoms in total. The van der Waals surface area contributed by atoms with E-state index in [1.807, 2.05) is 20.8 Å². The number of nitrogens with zero attached hydrogens (tertiary/aromatic N) is 1. The molecule has 0 rings (SSSR count). The van der Waals surface area contributed by atoms with Gasteiger partial charge in [0.05, 0.1) is 0 Å². The molecule has 1 atom stereocenters. The van der Waals surface area contributed by atoms with Gasteiger partial charge in [-0.15, -0.1) is 0 Å². The lowest BCUT2D eigenvalue weighted by molar-refractivity contribution is -0.118. The lowest BCUT2D eigenvalue weighted by Crippen LogP contribution is -2.37. The summed E-state index contributed by atoms with van der Waals surface area (Å²) in [6.45, 7) is 6.35. The molecule has 6 N–H and O–H groups in total. The predicted molar refractivity (Wildman–Crippen MR) is 63.1 cm³/mol. The smallest absolute Gasteiger partial charge is 0.218 e. The number of nitrogens with two attached hydrogens (primary N) is 2. The van der Waals surface area contributed by atoms with Crippen molar-refractivity contribution in [1.29, 1.82) is 0 Å². The van der Waals surface area contributed by atoms with E-state index < -0.39 is 0 Å². The summed E-state index contributed by atoms with van der Waals surface area (Å²) >= 11 is 0. The molecule has 0 aromatic rings. The molecule has 0 aromatic carbocycles. The summed E-state index contributed by atoms with van der Waals surface area (Å²) in [5, 5.41) is 14.7. The van der Waals surface area contributed by atoms with Crippen molar-refractivity contribution in [3.63, 3.8) is 0 Å². The van der Waals surface area contributed by atoms with E-state index in [-0.39, 0.29) is 23.2 Å². The summed E-state index contributed by atoms with van der Waals surface area (Å²) < 4.78 is 0. The van der Waals surface area contributed by atoms with E-state index in [0.717, 1.165) is 0 Å². The zero-order valence-corrected chi connectivity index (χ0v) is 10.2. The molecule has 0 aliphatic carbocycles. The van der Waals surface area contributed by atoms with Crippen molar-refractivity contribution in [2.75, 3.05) is 6.54 Å². The molecular weight excluding hydrogens is 208 g/mol. The largest absolute Gasteiger partial charge is 0.409 e. The minimum Gasteiger partial charge on any atom is -0.409 e. The first-order valence-electron chi connectivity index (χ1n) is 5.29. The van der Waals surface area contributed by atoms with E-state index in [9.17, 15) is 4.79 Å². The highest BCUT2D eigenvalue weighted by atomic mass is 16.4. The second kappa shape index (κ2) is 6.32. The Morgan fingerprint density at radius 2 is 2.06 bits per heavy atom. The van der Waals surface area contributed by atoms with Crippen LogP contribution in [0, 0.1) is 5.41 Å². The van der Waals surface area contributed by atoms with E-state index in [4.69, 9.17) is 16.7 Å². The Labute approximate surface area is 96.1 Å². The van der Waals surface area contributed by atoms with Crippen molar-refractivity contribution >= 4 is 11.7 Å². The number of hydrogen-bond acceptors (Lipinski definition) is 4. The number of amides is 1. The minimum atomic E-state index is -0.367. The van der Waals surface area contributed by atoms with E-state index >= 15 is 0 Å². The molecule has 0 aliphatic rings. The molecule has 0 bridgehead atoms. The molecule has 1 amide bonds. The quantitative estimate of drug-likeness (QED) is 0.213. The van der Waals surface area contributed by atoms with Crippen molar-refractivity contribution in [1.82, 2.24) is 5.32 Å². The lowest BCUT2D eigenvalue weighted by Gasteiger charge is -2.23. The third kappa shape index (κ3) is 5.55. The van der Waals surface area contributed by atoms with Gasteiger partial charge in [0.2, 0.25) is 5.91 Å². The fraction of sp³-hybridized carbons (Fsp3) is 0.800. The third-order valence-electron chi connectivity index (χ3n) is 2.55. The Hall–Kier alpha value is -1.30. The molecule has 1 unspecified atom stereocenters. The van der Waals surface area contributed by atoms with Gasteiger partial charge < -0.3 is 22.0 Å². The zero-order valence-electron chi connectivity index (χ0n) is 10.2. The average Bonchev–Trinajstić information content (AvgIpc) is 2.14. The molecule has 0 aliphatic heterocycles. The van der Waals surface area contributed by atoms with Crippen LogP contribution in [-0.2, 0) is 4.79 Å². The van der Waals surface area contributed by atoms with Crippen LogP contribution in [0.15, 0.2) is 5.16 Å². The molecule has 0 heterocycles. The molecule has 0 saturated carbocycles. The maximum atomic E-state index is 10.6. The van der Waals surface area contributed by atoms with Gasteiger partial charge in [0.25, 0.3) is 0 Å². The standard InChI is InChI=1S/C10H22N4O2/c1-7(6-8(11)15)13-5-4-10(2,3)9(12)14-16/h7,13,16H,4-6H2,1-3H3,(H2,11,15)(H2,12,14). The molecule has 0 spiro atoms. The number of carbonyl (C=O) groups is 1. The Bertz CT molecular complexity index is 264. The summed E-state index contributed by atoms with van der Waals surface area (Å²) in [6, 6.07) is 0.0422. The first-order valence-corrected chi connectivity index (χ1v) is 5.29. The Morgan fingerprint density at radius 1 is 1.50 bits per heavy atom. The van der Waals surface area contributed by atoms with E-state index in [1.165, 1.54) is 0 Å².